The first-order chi connectivity index (χ1) is 17.1. The van der Waals surface area contributed by atoms with Crippen molar-refractivity contribution in [3.63, 3.8) is 0 Å². The largest absolute Gasteiger partial charge is 0.381 e. The van der Waals surface area contributed by atoms with E-state index in [0.717, 1.165) is 63.0 Å². The maximum atomic E-state index is 13.0. The second-order valence-electron chi connectivity index (χ2n) is 9.46. The van der Waals surface area contributed by atoms with Gasteiger partial charge in [-0.15, -0.1) is 11.3 Å². The minimum Gasteiger partial charge on any atom is -0.381 e. The molecule has 0 atom stereocenters. The summed E-state index contributed by atoms with van der Waals surface area (Å²) in [5.74, 6) is 0.0435. The maximum Gasteiger partial charge on any atom is 0.273 e. The Morgan fingerprint density at radius 3 is 2.57 bits per heavy atom. The number of ether oxygens (including phenoxy) is 2. The first kappa shape index (κ1) is 25.9. The van der Waals surface area contributed by atoms with E-state index in [1.807, 2.05) is 10.3 Å². The first-order valence-corrected chi connectivity index (χ1v) is 13.7. The fourth-order valence-electron chi connectivity index (χ4n) is 4.82. The van der Waals surface area contributed by atoms with Gasteiger partial charge in [-0.3, -0.25) is 4.79 Å². The molecule has 2 aliphatic rings. The van der Waals surface area contributed by atoms with Crippen molar-refractivity contribution in [1.29, 1.82) is 0 Å². The van der Waals surface area contributed by atoms with Gasteiger partial charge >= 0.3 is 0 Å². The van der Waals surface area contributed by atoms with Crippen molar-refractivity contribution in [1.82, 2.24) is 14.8 Å². The summed E-state index contributed by atoms with van der Waals surface area (Å²) in [4.78, 5) is 32.3. The van der Waals surface area contributed by atoms with Gasteiger partial charge in [-0.2, -0.15) is 0 Å². The van der Waals surface area contributed by atoms with Gasteiger partial charge in [0.05, 0.1) is 37.0 Å². The summed E-state index contributed by atoms with van der Waals surface area (Å²) >= 11 is 1.57. The number of amides is 1. The highest BCUT2D eigenvalue weighted by molar-refractivity contribution is 7.09. The Hall–Kier alpha value is -2.13. The average molecular weight is 500 g/mol. The number of aldehydes is 1. The number of likely N-dealkylation sites (tertiary alicyclic amines) is 1. The number of hydrogen-bond acceptors (Lipinski definition) is 7. The molecule has 0 saturated carbocycles. The molecule has 190 valence electrons. The van der Waals surface area contributed by atoms with E-state index >= 15 is 0 Å². The average Bonchev–Trinajstić information content (AvgIpc) is 3.38. The molecular formula is C27H37N3O4S. The molecule has 0 radical (unpaired) electrons. The molecule has 4 rings (SSSR count). The summed E-state index contributed by atoms with van der Waals surface area (Å²) in [6, 6.07) is 8.78. The molecule has 8 heteroatoms. The number of carbonyl (C=O) groups excluding carboxylic acids is 2. The summed E-state index contributed by atoms with van der Waals surface area (Å²) in [7, 11) is 0. The molecule has 0 unspecified atom stereocenters. The quantitative estimate of drug-likeness (QED) is 0.349. The molecule has 7 nitrogen and oxygen atoms in total. The van der Waals surface area contributed by atoms with Crippen LogP contribution in [-0.4, -0.2) is 85.1 Å². The Morgan fingerprint density at radius 1 is 1.14 bits per heavy atom. The lowest BCUT2D eigenvalue weighted by Gasteiger charge is -2.47. The molecule has 1 aromatic carbocycles. The number of morpholine rings is 1. The van der Waals surface area contributed by atoms with Crippen LogP contribution in [0, 0.1) is 0 Å². The predicted molar refractivity (Wildman–Crippen MR) is 137 cm³/mol. The topological polar surface area (TPSA) is 72.0 Å². The Labute approximate surface area is 212 Å². The van der Waals surface area contributed by atoms with Crippen molar-refractivity contribution in [2.75, 3.05) is 52.5 Å². The molecule has 2 saturated heterocycles. The van der Waals surface area contributed by atoms with Crippen LogP contribution in [0.5, 0.6) is 0 Å². The van der Waals surface area contributed by atoms with Gasteiger partial charge in [0, 0.05) is 38.0 Å². The molecule has 0 aliphatic carbocycles. The number of nitrogens with zero attached hydrogens (tertiary/aromatic N) is 3. The van der Waals surface area contributed by atoms with Gasteiger partial charge in [-0.05, 0) is 43.2 Å². The zero-order chi connectivity index (χ0) is 24.5. The predicted octanol–water partition coefficient (Wildman–Crippen LogP) is 3.40. The molecule has 0 bridgehead atoms. The Morgan fingerprint density at radius 2 is 1.89 bits per heavy atom. The molecule has 3 heterocycles. The normalized spacial score (nSPS) is 18.1. The third-order valence-corrected chi connectivity index (χ3v) is 8.02. The van der Waals surface area contributed by atoms with Gasteiger partial charge in [0.2, 0.25) is 0 Å². The van der Waals surface area contributed by atoms with E-state index in [4.69, 9.17) is 9.47 Å². The van der Waals surface area contributed by atoms with Gasteiger partial charge < -0.3 is 24.1 Å². The third kappa shape index (κ3) is 7.19. The molecule has 0 N–H and O–H groups in total. The van der Waals surface area contributed by atoms with E-state index in [9.17, 15) is 9.59 Å². The molecule has 2 fully saturated rings. The number of hydrogen-bond donors (Lipinski definition) is 0. The fourth-order valence-corrected chi connectivity index (χ4v) is 5.54. The molecule has 2 aliphatic heterocycles. The number of aryl methyl sites for hydroxylation is 1. The van der Waals surface area contributed by atoms with Crippen LogP contribution in [0.1, 0.15) is 52.8 Å². The van der Waals surface area contributed by atoms with Crippen LogP contribution in [0.15, 0.2) is 29.6 Å². The van der Waals surface area contributed by atoms with Crippen molar-refractivity contribution in [2.45, 2.75) is 51.0 Å². The van der Waals surface area contributed by atoms with Crippen molar-refractivity contribution in [2.24, 2.45) is 0 Å². The number of rotatable bonds is 11. The minimum absolute atomic E-state index is 0.0435. The maximum absolute atomic E-state index is 13.0. The van der Waals surface area contributed by atoms with E-state index in [2.05, 4.69) is 41.1 Å². The molecule has 35 heavy (non-hydrogen) atoms. The highest BCUT2D eigenvalue weighted by Gasteiger charge is 2.41. The highest BCUT2D eigenvalue weighted by Crippen LogP contribution is 2.31. The minimum atomic E-state index is -0.219. The highest BCUT2D eigenvalue weighted by atomic mass is 32.1. The Bertz CT molecular complexity index is 954. The lowest BCUT2D eigenvalue weighted by Crippen LogP contribution is -2.58. The second kappa shape index (κ2) is 12.7. The lowest BCUT2D eigenvalue weighted by molar-refractivity contribution is -0.127. The lowest BCUT2D eigenvalue weighted by atomic mass is 9.89. The number of carbonyl (C=O) groups is 2. The molecular weight excluding hydrogens is 462 g/mol. The van der Waals surface area contributed by atoms with Crippen LogP contribution >= 0.6 is 11.3 Å². The summed E-state index contributed by atoms with van der Waals surface area (Å²) in [5, 5.41) is 2.90. The monoisotopic (exact) mass is 499 g/mol. The molecule has 1 amide bonds. The van der Waals surface area contributed by atoms with E-state index in [1.54, 1.807) is 11.3 Å². The summed E-state index contributed by atoms with van der Waals surface area (Å²) < 4.78 is 11.7. The zero-order valence-corrected chi connectivity index (χ0v) is 21.6. The Balaban J connectivity index is 1.20. The van der Waals surface area contributed by atoms with E-state index < -0.39 is 0 Å². The number of benzene rings is 1. The smallest absolute Gasteiger partial charge is 0.273 e. The zero-order valence-electron chi connectivity index (χ0n) is 20.7. The van der Waals surface area contributed by atoms with Crippen molar-refractivity contribution in [3.8, 4) is 0 Å². The van der Waals surface area contributed by atoms with E-state index in [-0.39, 0.29) is 11.5 Å². The second-order valence-corrected chi connectivity index (χ2v) is 10.4. The molecule has 1 spiro atoms. The van der Waals surface area contributed by atoms with Crippen LogP contribution in [0.3, 0.4) is 0 Å². The van der Waals surface area contributed by atoms with Crippen LogP contribution in [0.2, 0.25) is 0 Å². The van der Waals surface area contributed by atoms with E-state index in [1.165, 1.54) is 11.1 Å². The van der Waals surface area contributed by atoms with Crippen LogP contribution in [0.25, 0.3) is 0 Å². The van der Waals surface area contributed by atoms with Crippen molar-refractivity contribution < 1.29 is 19.1 Å². The number of thiazole rings is 1. The van der Waals surface area contributed by atoms with Gasteiger partial charge in [-0.1, -0.05) is 31.2 Å². The Kier molecular flexibility index (Phi) is 9.43. The van der Waals surface area contributed by atoms with Gasteiger partial charge in [-0.25, -0.2) is 4.98 Å². The standard InChI is InChI=1S/C27H37N3O4S/c1-2-25-28-24(20-35-25)26(32)30-15-19-34-27(21-30)10-13-29(14-11-27)12-8-22-4-6-23(7-5-22)9-18-33-17-3-16-31/h4-7,16,20H,2-3,8-15,17-19,21H2,1H3. The third-order valence-electron chi connectivity index (χ3n) is 7.03. The van der Waals surface area contributed by atoms with Gasteiger partial charge in [0.25, 0.3) is 5.91 Å². The van der Waals surface area contributed by atoms with E-state index in [0.29, 0.717) is 45.0 Å². The van der Waals surface area contributed by atoms with Crippen LogP contribution in [-0.2, 0) is 33.5 Å². The number of piperidine rings is 1. The van der Waals surface area contributed by atoms with Crippen LogP contribution < -0.4 is 0 Å². The summed E-state index contributed by atoms with van der Waals surface area (Å²) in [6.07, 6.45) is 6.02. The van der Waals surface area contributed by atoms with Crippen molar-refractivity contribution >= 4 is 23.5 Å². The summed E-state index contributed by atoms with van der Waals surface area (Å²) in [5.41, 5.74) is 2.97. The molecule has 2 aromatic rings. The SMILES string of the molecule is CCc1nc(C(=O)N2CCOC3(CCN(CCc4ccc(CCOCCC=O)cc4)CC3)C2)cs1. The summed E-state index contributed by atoms with van der Waals surface area (Å²) in [6.45, 7) is 8.15. The molecule has 1 aromatic heterocycles. The fraction of sp³-hybridized carbons (Fsp3) is 0.593. The van der Waals surface area contributed by atoms with Gasteiger partial charge in [0.1, 0.15) is 12.0 Å². The van der Waals surface area contributed by atoms with Crippen molar-refractivity contribution in [3.05, 3.63) is 51.5 Å². The first-order valence-electron chi connectivity index (χ1n) is 12.8. The van der Waals surface area contributed by atoms with Crippen LogP contribution in [0.4, 0.5) is 0 Å². The van der Waals surface area contributed by atoms with Gasteiger partial charge in [0.15, 0.2) is 0 Å². The number of aromatic nitrogens is 1.